The van der Waals surface area contributed by atoms with E-state index >= 15 is 0 Å². The highest BCUT2D eigenvalue weighted by Gasteiger charge is 2.18. The van der Waals surface area contributed by atoms with E-state index in [1.807, 2.05) is 35.2 Å². The Morgan fingerprint density at radius 1 is 1.07 bits per heavy atom. The zero-order valence-electron chi connectivity index (χ0n) is 15.9. The standard InChI is InChI=1S/C23H23NO4/c1-16-22(17-8-4-2-5-9-17)23(26)19-11-10-18(14-20(19)28-16)27-15-21(25)24-12-6-3-7-13-24/h2,4-5,8-11,14H,3,6-7,12-13,15H2,1H3. The molecule has 4 rings (SSSR count). The molecule has 1 saturated heterocycles. The van der Waals surface area contributed by atoms with Gasteiger partial charge in [-0.05, 0) is 43.9 Å². The quantitative estimate of drug-likeness (QED) is 0.685. The van der Waals surface area contributed by atoms with E-state index in [2.05, 4.69) is 0 Å². The number of benzene rings is 2. The van der Waals surface area contributed by atoms with Crippen molar-refractivity contribution in [2.45, 2.75) is 26.2 Å². The van der Waals surface area contributed by atoms with Crippen molar-refractivity contribution < 1.29 is 13.9 Å². The fraction of sp³-hybridized carbons (Fsp3) is 0.304. The molecule has 5 heteroatoms. The van der Waals surface area contributed by atoms with E-state index in [1.165, 1.54) is 6.42 Å². The number of aryl methyl sites for hydroxylation is 1. The van der Waals surface area contributed by atoms with E-state index < -0.39 is 0 Å². The number of hydrogen-bond donors (Lipinski definition) is 0. The van der Waals surface area contributed by atoms with E-state index in [0.29, 0.717) is 28.0 Å². The van der Waals surface area contributed by atoms with Crippen molar-refractivity contribution in [3.8, 4) is 16.9 Å². The lowest BCUT2D eigenvalue weighted by Crippen LogP contribution is -2.38. The molecule has 0 saturated carbocycles. The number of nitrogens with zero attached hydrogens (tertiary/aromatic N) is 1. The third-order valence-corrected chi connectivity index (χ3v) is 5.17. The molecule has 1 aliphatic rings. The lowest BCUT2D eigenvalue weighted by atomic mass is 10.0. The Kier molecular flexibility index (Phi) is 5.15. The summed E-state index contributed by atoms with van der Waals surface area (Å²) in [5, 5.41) is 0.499. The first-order valence-corrected chi connectivity index (χ1v) is 9.67. The van der Waals surface area contributed by atoms with Gasteiger partial charge in [0.25, 0.3) is 5.91 Å². The van der Waals surface area contributed by atoms with Crippen molar-refractivity contribution in [2.24, 2.45) is 0 Å². The minimum Gasteiger partial charge on any atom is -0.484 e. The van der Waals surface area contributed by atoms with Gasteiger partial charge in [-0.3, -0.25) is 9.59 Å². The number of carbonyl (C=O) groups is 1. The van der Waals surface area contributed by atoms with Crippen molar-refractivity contribution in [3.05, 3.63) is 64.5 Å². The monoisotopic (exact) mass is 377 g/mol. The second-order valence-corrected chi connectivity index (χ2v) is 7.12. The van der Waals surface area contributed by atoms with Gasteiger partial charge < -0.3 is 14.1 Å². The van der Waals surface area contributed by atoms with Crippen LogP contribution in [0.3, 0.4) is 0 Å². The van der Waals surface area contributed by atoms with Crippen LogP contribution in [0.5, 0.6) is 5.75 Å². The smallest absolute Gasteiger partial charge is 0.260 e. The molecule has 1 aromatic heterocycles. The molecule has 0 N–H and O–H groups in total. The molecule has 1 aliphatic heterocycles. The van der Waals surface area contributed by atoms with Gasteiger partial charge in [0.05, 0.1) is 10.9 Å². The molecule has 1 fully saturated rings. The number of fused-ring (bicyclic) bond motifs is 1. The van der Waals surface area contributed by atoms with Crippen LogP contribution in [0.1, 0.15) is 25.0 Å². The fourth-order valence-corrected chi connectivity index (χ4v) is 3.69. The van der Waals surface area contributed by atoms with Crippen molar-refractivity contribution >= 4 is 16.9 Å². The van der Waals surface area contributed by atoms with Gasteiger partial charge >= 0.3 is 0 Å². The minimum absolute atomic E-state index is 0.00291. The first kappa shape index (κ1) is 18.3. The predicted octanol–water partition coefficient (Wildman–Crippen LogP) is 4.16. The second kappa shape index (κ2) is 7.89. The lowest BCUT2D eigenvalue weighted by molar-refractivity contribution is -0.134. The predicted molar refractivity (Wildman–Crippen MR) is 109 cm³/mol. The zero-order chi connectivity index (χ0) is 19.5. The summed E-state index contributed by atoms with van der Waals surface area (Å²) >= 11 is 0. The average Bonchev–Trinajstić information content (AvgIpc) is 2.73. The van der Waals surface area contributed by atoms with E-state index in [-0.39, 0.29) is 17.9 Å². The van der Waals surface area contributed by atoms with Crippen LogP contribution in [-0.4, -0.2) is 30.5 Å². The summed E-state index contributed by atoms with van der Waals surface area (Å²) in [7, 11) is 0. The Morgan fingerprint density at radius 2 is 1.82 bits per heavy atom. The summed E-state index contributed by atoms with van der Waals surface area (Å²) in [6, 6.07) is 14.6. The number of carbonyl (C=O) groups excluding carboxylic acids is 1. The largest absolute Gasteiger partial charge is 0.484 e. The van der Waals surface area contributed by atoms with Crippen molar-refractivity contribution in [3.63, 3.8) is 0 Å². The number of amides is 1. The van der Waals surface area contributed by atoms with Crippen LogP contribution in [-0.2, 0) is 4.79 Å². The average molecular weight is 377 g/mol. The highest BCUT2D eigenvalue weighted by Crippen LogP contribution is 2.26. The number of piperidine rings is 1. The molecular weight excluding hydrogens is 354 g/mol. The Morgan fingerprint density at radius 3 is 2.57 bits per heavy atom. The van der Waals surface area contributed by atoms with Gasteiger partial charge in [-0.15, -0.1) is 0 Å². The molecule has 0 radical (unpaired) electrons. The third kappa shape index (κ3) is 3.65. The molecule has 0 unspecified atom stereocenters. The summed E-state index contributed by atoms with van der Waals surface area (Å²) in [6.07, 6.45) is 3.28. The van der Waals surface area contributed by atoms with Crippen LogP contribution in [0.2, 0.25) is 0 Å². The van der Waals surface area contributed by atoms with Crippen molar-refractivity contribution in [2.75, 3.05) is 19.7 Å². The molecule has 3 aromatic rings. The number of ether oxygens (including phenoxy) is 1. The molecule has 1 amide bonds. The number of hydrogen-bond acceptors (Lipinski definition) is 4. The van der Waals surface area contributed by atoms with E-state index in [0.717, 1.165) is 31.5 Å². The molecule has 2 heterocycles. The first-order valence-electron chi connectivity index (χ1n) is 9.67. The second-order valence-electron chi connectivity index (χ2n) is 7.12. The third-order valence-electron chi connectivity index (χ3n) is 5.17. The molecule has 2 aromatic carbocycles. The van der Waals surface area contributed by atoms with Gasteiger partial charge in [0.15, 0.2) is 6.61 Å². The maximum absolute atomic E-state index is 13.0. The summed E-state index contributed by atoms with van der Waals surface area (Å²) < 4.78 is 11.6. The Labute approximate surface area is 163 Å². The molecule has 144 valence electrons. The summed E-state index contributed by atoms with van der Waals surface area (Å²) in [5.74, 6) is 1.08. The summed E-state index contributed by atoms with van der Waals surface area (Å²) in [5.41, 5.74) is 1.80. The van der Waals surface area contributed by atoms with Crippen LogP contribution in [0.15, 0.2) is 57.7 Å². The van der Waals surface area contributed by atoms with Gasteiger partial charge in [-0.25, -0.2) is 0 Å². The minimum atomic E-state index is -0.0686. The van der Waals surface area contributed by atoms with Crippen LogP contribution in [0.25, 0.3) is 22.1 Å². The van der Waals surface area contributed by atoms with Gasteiger partial charge in [-0.2, -0.15) is 0 Å². The van der Waals surface area contributed by atoms with Crippen molar-refractivity contribution in [1.82, 2.24) is 4.90 Å². The summed E-state index contributed by atoms with van der Waals surface area (Å²) in [6.45, 7) is 3.39. The maximum Gasteiger partial charge on any atom is 0.260 e. The molecule has 0 spiro atoms. The van der Waals surface area contributed by atoms with Gasteiger partial charge in [-0.1, -0.05) is 30.3 Å². The first-order chi connectivity index (χ1) is 13.6. The van der Waals surface area contributed by atoms with Crippen LogP contribution < -0.4 is 10.2 Å². The van der Waals surface area contributed by atoms with E-state index in [4.69, 9.17) is 9.15 Å². The normalized spacial score (nSPS) is 14.2. The summed E-state index contributed by atoms with van der Waals surface area (Å²) in [4.78, 5) is 27.1. The zero-order valence-corrected chi connectivity index (χ0v) is 15.9. The Hall–Kier alpha value is -3.08. The topological polar surface area (TPSA) is 59.8 Å². The van der Waals surface area contributed by atoms with Crippen LogP contribution >= 0.6 is 0 Å². The molecule has 28 heavy (non-hydrogen) atoms. The molecule has 0 atom stereocenters. The molecule has 5 nitrogen and oxygen atoms in total. The Bertz CT molecular complexity index is 1050. The highest BCUT2D eigenvalue weighted by atomic mass is 16.5. The van der Waals surface area contributed by atoms with E-state index in [9.17, 15) is 9.59 Å². The number of rotatable bonds is 4. The molecule has 0 aliphatic carbocycles. The highest BCUT2D eigenvalue weighted by molar-refractivity contribution is 5.84. The lowest BCUT2D eigenvalue weighted by Gasteiger charge is -2.26. The SMILES string of the molecule is Cc1oc2cc(OCC(=O)N3CCCCC3)ccc2c(=O)c1-c1ccccc1. The van der Waals surface area contributed by atoms with Crippen LogP contribution in [0.4, 0.5) is 0 Å². The van der Waals surface area contributed by atoms with Gasteiger partial charge in [0.2, 0.25) is 5.43 Å². The Balaban J connectivity index is 1.58. The van der Waals surface area contributed by atoms with Crippen molar-refractivity contribution in [1.29, 1.82) is 0 Å². The fourth-order valence-electron chi connectivity index (χ4n) is 3.69. The van der Waals surface area contributed by atoms with Gasteiger partial charge in [0, 0.05) is 19.2 Å². The number of likely N-dealkylation sites (tertiary alicyclic amines) is 1. The van der Waals surface area contributed by atoms with Crippen LogP contribution in [0, 0.1) is 6.92 Å². The maximum atomic E-state index is 13.0. The molecular formula is C23H23NO4. The van der Waals surface area contributed by atoms with Gasteiger partial charge in [0.1, 0.15) is 17.1 Å². The molecule has 0 bridgehead atoms. The van der Waals surface area contributed by atoms with E-state index in [1.54, 1.807) is 25.1 Å².